The molecule has 0 saturated carbocycles. The van der Waals surface area contributed by atoms with E-state index in [0.717, 1.165) is 22.3 Å². The third-order valence-electron chi connectivity index (χ3n) is 3.39. The minimum absolute atomic E-state index is 0.815. The fourth-order valence-electron chi connectivity index (χ4n) is 1.89. The number of rotatable bonds is 2. The fraction of sp³-hybridized carbons (Fsp3) is 0.600. The van der Waals surface area contributed by atoms with Gasteiger partial charge >= 0.3 is 10.4 Å². The first-order valence-corrected chi connectivity index (χ1v) is 6.00. The molecular weight excluding hydrogens is 216 g/mol. The second-order valence-electron chi connectivity index (χ2n) is 4.04. The van der Waals surface area contributed by atoms with E-state index in [4.69, 9.17) is 8.74 Å². The van der Waals surface area contributed by atoms with Crippen LogP contribution in [0.2, 0.25) is 0 Å². The second-order valence-corrected chi connectivity index (χ2v) is 5.07. The van der Waals surface area contributed by atoms with Crippen LogP contribution in [0.5, 0.6) is 0 Å². The van der Waals surface area contributed by atoms with E-state index in [9.17, 15) is 8.42 Å². The Morgan fingerprint density at radius 1 is 1.07 bits per heavy atom. The molecule has 15 heavy (non-hydrogen) atoms. The Balaban J connectivity index is 3.28. The zero-order valence-electron chi connectivity index (χ0n) is 9.58. The van der Waals surface area contributed by atoms with E-state index in [1.807, 2.05) is 13.8 Å². The van der Waals surface area contributed by atoms with Gasteiger partial charge in [-0.2, -0.15) is 8.42 Å². The Morgan fingerprint density at radius 2 is 1.40 bits per heavy atom. The summed E-state index contributed by atoms with van der Waals surface area (Å²) in [5, 5.41) is 0. The van der Waals surface area contributed by atoms with Gasteiger partial charge in [-0.15, -0.1) is 0 Å². The molecule has 0 heterocycles. The van der Waals surface area contributed by atoms with Gasteiger partial charge in [-0.25, -0.2) is 4.18 Å². The summed E-state index contributed by atoms with van der Waals surface area (Å²) in [5.41, 5.74) is 2.62. The molecule has 0 aromatic carbocycles. The molecular formula is C10H16O4S. The van der Waals surface area contributed by atoms with Crippen molar-refractivity contribution in [3.05, 3.63) is 22.3 Å². The largest absolute Gasteiger partial charge is 0.398 e. The molecule has 0 radical (unpaired) electrons. The second kappa shape index (κ2) is 3.43. The summed E-state index contributed by atoms with van der Waals surface area (Å²) in [5.74, 6) is 0. The molecule has 0 fully saturated rings. The first-order chi connectivity index (χ1) is 6.59. The number of hydrogen-bond donors (Lipinski definition) is 1. The highest BCUT2D eigenvalue weighted by molar-refractivity contribution is 7.80. The molecule has 86 valence electrons. The summed E-state index contributed by atoms with van der Waals surface area (Å²) in [7, 11) is -4.45. The van der Waals surface area contributed by atoms with Crippen LogP contribution in [0.3, 0.4) is 0 Å². The van der Waals surface area contributed by atoms with Gasteiger partial charge in [0.2, 0.25) is 0 Å². The van der Waals surface area contributed by atoms with Gasteiger partial charge in [-0.3, -0.25) is 4.55 Å². The van der Waals surface area contributed by atoms with Crippen LogP contribution in [0, 0.1) is 0 Å². The quantitative estimate of drug-likeness (QED) is 0.742. The Labute approximate surface area is 90.6 Å². The van der Waals surface area contributed by atoms with Crippen LogP contribution >= 0.6 is 0 Å². The first-order valence-electron chi connectivity index (χ1n) is 4.64. The lowest BCUT2D eigenvalue weighted by Crippen LogP contribution is -2.32. The highest BCUT2D eigenvalue weighted by Gasteiger charge is 2.40. The van der Waals surface area contributed by atoms with Crippen molar-refractivity contribution >= 4 is 10.4 Å². The maximum atomic E-state index is 10.8. The summed E-state index contributed by atoms with van der Waals surface area (Å²) in [6.45, 7) is 9.08. The lowest BCUT2D eigenvalue weighted by molar-refractivity contribution is 0.152. The van der Waals surface area contributed by atoms with Gasteiger partial charge in [0.25, 0.3) is 0 Å². The molecule has 0 saturated heterocycles. The van der Waals surface area contributed by atoms with Crippen LogP contribution in [0.1, 0.15) is 34.6 Å². The van der Waals surface area contributed by atoms with Gasteiger partial charge in [0.05, 0.1) is 0 Å². The molecule has 0 bridgehead atoms. The predicted molar refractivity (Wildman–Crippen MR) is 57.8 cm³/mol. The Morgan fingerprint density at radius 3 is 1.67 bits per heavy atom. The van der Waals surface area contributed by atoms with E-state index in [1.165, 1.54) is 0 Å². The first kappa shape index (κ1) is 12.4. The smallest absolute Gasteiger partial charge is 0.263 e. The summed E-state index contributed by atoms with van der Waals surface area (Å²) in [4.78, 5) is 0. The lowest BCUT2D eigenvalue weighted by Gasteiger charge is -2.26. The molecule has 1 aliphatic carbocycles. The van der Waals surface area contributed by atoms with Gasteiger partial charge < -0.3 is 0 Å². The van der Waals surface area contributed by atoms with Crippen LogP contribution in [0.25, 0.3) is 0 Å². The SMILES string of the molecule is CC1=C(C)C(C)(OS(=O)(=O)O)C(C)=C1C. The fourth-order valence-corrected chi connectivity index (χ4v) is 2.57. The van der Waals surface area contributed by atoms with E-state index in [2.05, 4.69) is 0 Å². The third-order valence-corrected chi connectivity index (χ3v) is 3.93. The minimum Gasteiger partial charge on any atom is -0.263 e. The molecule has 1 N–H and O–H groups in total. The standard InChI is InChI=1S/C10H16O4S/c1-6-7(2)9(4)10(5,8(6)3)14-15(11,12)13/h1-5H3,(H,11,12,13). The molecule has 0 spiro atoms. The van der Waals surface area contributed by atoms with Crippen molar-refractivity contribution in [2.24, 2.45) is 0 Å². The van der Waals surface area contributed by atoms with Crippen molar-refractivity contribution in [1.29, 1.82) is 0 Å². The van der Waals surface area contributed by atoms with Crippen LogP contribution in [0.15, 0.2) is 22.3 Å². The van der Waals surface area contributed by atoms with Gasteiger partial charge in [-0.1, -0.05) is 0 Å². The van der Waals surface area contributed by atoms with E-state index in [1.54, 1.807) is 20.8 Å². The van der Waals surface area contributed by atoms with Crippen molar-refractivity contribution in [2.45, 2.75) is 40.2 Å². The zero-order valence-corrected chi connectivity index (χ0v) is 10.4. The van der Waals surface area contributed by atoms with Crippen molar-refractivity contribution in [2.75, 3.05) is 0 Å². The average molecular weight is 232 g/mol. The Bertz CT molecular complexity index is 430. The van der Waals surface area contributed by atoms with Crippen molar-refractivity contribution in [1.82, 2.24) is 0 Å². The van der Waals surface area contributed by atoms with E-state index in [0.29, 0.717) is 0 Å². The number of allylic oxidation sites excluding steroid dienone is 2. The van der Waals surface area contributed by atoms with Gasteiger partial charge in [-0.05, 0) is 56.9 Å². The summed E-state index contributed by atoms with van der Waals surface area (Å²) >= 11 is 0. The molecule has 0 unspecified atom stereocenters. The highest BCUT2D eigenvalue weighted by Crippen LogP contribution is 2.42. The highest BCUT2D eigenvalue weighted by atomic mass is 32.3. The van der Waals surface area contributed by atoms with Crippen LogP contribution in [0.4, 0.5) is 0 Å². The van der Waals surface area contributed by atoms with Gasteiger partial charge in [0, 0.05) is 0 Å². The van der Waals surface area contributed by atoms with Crippen molar-refractivity contribution in [3.63, 3.8) is 0 Å². The molecule has 0 aliphatic heterocycles. The average Bonchev–Trinajstić information content (AvgIpc) is 2.19. The number of hydrogen-bond acceptors (Lipinski definition) is 3. The Hall–Kier alpha value is -0.650. The molecule has 0 amide bonds. The molecule has 0 aromatic rings. The monoisotopic (exact) mass is 232 g/mol. The molecule has 5 heteroatoms. The Kier molecular flexibility index (Phi) is 2.84. The summed E-state index contributed by atoms with van der Waals surface area (Å²) in [6, 6.07) is 0. The predicted octanol–water partition coefficient (Wildman–Crippen LogP) is 2.25. The molecule has 0 atom stereocenters. The summed E-state index contributed by atoms with van der Waals surface area (Å²) in [6.07, 6.45) is 0. The normalized spacial score (nSPS) is 21.5. The van der Waals surface area contributed by atoms with Crippen molar-refractivity contribution in [3.8, 4) is 0 Å². The minimum atomic E-state index is -4.45. The topological polar surface area (TPSA) is 63.6 Å². The van der Waals surface area contributed by atoms with E-state index >= 15 is 0 Å². The molecule has 4 nitrogen and oxygen atoms in total. The van der Waals surface area contributed by atoms with E-state index in [-0.39, 0.29) is 0 Å². The van der Waals surface area contributed by atoms with Gasteiger partial charge in [0.1, 0.15) is 5.60 Å². The molecule has 1 rings (SSSR count). The lowest BCUT2D eigenvalue weighted by atomic mass is 9.94. The molecule has 0 aromatic heterocycles. The van der Waals surface area contributed by atoms with E-state index < -0.39 is 16.0 Å². The third kappa shape index (κ3) is 2.00. The zero-order chi connectivity index (χ0) is 12.0. The van der Waals surface area contributed by atoms with Crippen LogP contribution < -0.4 is 0 Å². The summed E-state index contributed by atoms with van der Waals surface area (Å²) < 4.78 is 35.1. The van der Waals surface area contributed by atoms with Crippen LogP contribution in [-0.4, -0.2) is 18.6 Å². The maximum absolute atomic E-state index is 10.8. The van der Waals surface area contributed by atoms with Gasteiger partial charge in [0.15, 0.2) is 0 Å². The van der Waals surface area contributed by atoms with Crippen LogP contribution in [-0.2, 0) is 14.6 Å². The maximum Gasteiger partial charge on any atom is 0.398 e. The van der Waals surface area contributed by atoms with Crippen molar-refractivity contribution < 1.29 is 17.2 Å². The molecule has 1 aliphatic rings.